The molecule has 118 valence electrons. The molecule has 7 heteroatoms. The minimum absolute atomic E-state index is 0.118. The highest BCUT2D eigenvalue weighted by Crippen LogP contribution is 2.42. The van der Waals surface area contributed by atoms with E-state index in [0.29, 0.717) is 17.7 Å². The van der Waals surface area contributed by atoms with Crippen molar-refractivity contribution in [2.24, 2.45) is 0 Å². The van der Waals surface area contributed by atoms with Gasteiger partial charge in [0.2, 0.25) is 0 Å². The molecule has 0 aromatic heterocycles. The maximum absolute atomic E-state index is 13.5. The Morgan fingerprint density at radius 3 is 1.95 bits per heavy atom. The topological polar surface area (TPSA) is 9.23 Å². The number of rotatable bonds is 2. The molecule has 0 aliphatic rings. The molecule has 0 aliphatic heterocycles. The molecule has 22 heavy (non-hydrogen) atoms. The Kier molecular flexibility index (Phi) is 4.08. The first-order valence-corrected chi connectivity index (χ1v) is 6.11. The summed E-state index contributed by atoms with van der Waals surface area (Å²) < 4.78 is 84.0. The van der Waals surface area contributed by atoms with E-state index >= 15 is 0 Å². The molecule has 0 spiro atoms. The molecular weight excluding hydrogens is 310 g/mol. The molecule has 0 saturated carbocycles. The van der Waals surface area contributed by atoms with Crippen LogP contribution in [0.2, 0.25) is 0 Å². The van der Waals surface area contributed by atoms with Crippen molar-refractivity contribution in [2.75, 3.05) is 0 Å². The van der Waals surface area contributed by atoms with Crippen molar-refractivity contribution < 1.29 is 31.1 Å². The standard InChI is InChI=1S/C15H10F6O/c1-7-3-4-12(13(8(7)2)15(19,20)21)22-14-10(17)5-9(16)6-11(14)18/h3-6H,1-2H3. The van der Waals surface area contributed by atoms with E-state index in [9.17, 15) is 26.3 Å². The lowest BCUT2D eigenvalue weighted by Gasteiger charge is -2.18. The molecule has 0 atom stereocenters. The van der Waals surface area contributed by atoms with E-state index in [0.717, 1.165) is 6.07 Å². The minimum Gasteiger partial charge on any atom is -0.451 e. The molecule has 2 rings (SSSR count). The normalized spacial score (nSPS) is 11.6. The van der Waals surface area contributed by atoms with Crippen LogP contribution < -0.4 is 4.74 Å². The summed E-state index contributed by atoms with van der Waals surface area (Å²) in [6, 6.07) is 2.95. The van der Waals surface area contributed by atoms with Gasteiger partial charge < -0.3 is 4.74 Å². The minimum atomic E-state index is -4.77. The smallest absolute Gasteiger partial charge is 0.420 e. The molecule has 0 radical (unpaired) electrons. The van der Waals surface area contributed by atoms with E-state index < -0.39 is 40.7 Å². The molecule has 0 amide bonds. The molecule has 0 bridgehead atoms. The second-order valence-corrected chi connectivity index (χ2v) is 4.68. The number of alkyl halides is 3. The first-order valence-electron chi connectivity index (χ1n) is 6.11. The fourth-order valence-electron chi connectivity index (χ4n) is 1.96. The van der Waals surface area contributed by atoms with Gasteiger partial charge in [-0.05, 0) is 31.0 Å². The lowest BCUT2D eigenvalue weighted by atomic mass is 10.0. The van der Waals surface area contributed by atoms with Crippen LogP contribution in [-0.4, -0.2) is 0 Å². The Morgan fingerprint density at radius 2 is 1.45 bits per heavy atom. The predicted octanol–water partition coefficient (Wildman–Crippen LogP) is 5.53. The Hall–Kier alpha value is -2.18. The van der Waals surface area contributed by atoms with Crippen LogP contribution in [-0.2, 0) is 6.18 Å². The molecular formula is C15H10F6O. The van der Waals surface area contributed by atoms with Gasteiger partial charge in [0.15, 0.2) is 17.4 Å². The molecule has 0 heterocycles. The van der Waals surface area contributed by atoms with Gasteiger partial charge >= 0.3 is 6.18 Å². The second kappa shape index (κ2) is 5.55. The average molecular weight is 320 g/mol. The van der Waals surface area contributed by atoms with Crippen LogP contribution in [0, 0.1) is 31.3 Å². The van der Waals surface area contributed by atoms with Gasteiger partial charge in [0, 0.05) is 12.1 Å². The summed E-state index contributed by atoms with van der Waals surface area (Å²) >= 11 is 0. The number of benzene rings is 2. The van der Waals surface area contributed by atoms with Crippen molar-refractivity contribution in [3.05, 3.63) is 58.4 Å². The Morgan fingerprint density at radius 1 is 0.909 bits per heavy atom. The van der Waals surface area contributed by atoms with E-state index in [-0.39, 0.29) is 5.56 Å². The summed E-state index contributed by atoms with van der Waals surface area (Å²) in [7, 11) is 0. The van der Waals surface area contributed by atoms with Crippen LogP contribution in [0.4, 0.5) is 26.3 Å². The van der Waals surface area contributed by atoms with E-state index in [2.05, 4.69) is 0 Å². The lowest BCUT2D eigenvalue weighted by Crippen LogP contribution is -2.11. The third-order valence-corrected chi connectivity index (χ3v) is 3.16. The number of halogens is 6. The van der Waals surface area contributed by atoms with Gasteiger partial charge in [0.1, 0.15) is 17.1 Å². The Balaban J connectivity index is 2.58. The Labute approximate surface area is 122 Å². The monoisotopic (exact) mass is 320 g/mol. The van der Waals surface area contributed by atoms with E-state index in [1.807, 2.05) is 0 Å². The summed E-state index contributed by atoms with van der Waals surface area (Å²) in [5.41, 5.74) is -0.900. The third-order valence-electron chi connectivity index (χ3n) is 3.16. The lowest BCUT2D eigenvalue weighted by molar-refractivity contribution is -0.139. The first-order chi connectivity index (χ1) is 10.1. The number of hydrogen-bond acceptors (Lipinski definition) is 1. The van der Waals surface area contributed by atoms with Gasteiger partial charge in [0.25, 0.3) is 0 Å². The summed E-state index contributed by atoms with van der Waals surface area (Å²) in [4.78, 5) is 0. The van der Waals surface area contributed by atoms with Crippen molar-refractivity contribution >= 4 is 0 Å². The summed E-state index contributed by atoms with van der Waals surface area (Å²) in [6.45, 7) is 2.69. The van der Waals surface area contributed by atoms with Crippen LogP contribution in [0.3, 0.4) is 0 Å². The number of hydrogen-bond donors (Lipinski definition) is 0. The maximum Gasteiger partial charge on any atom is 0.420 e. The van der Waals surface area contributed by atoms with Crippen LogP contribution in [0.25, 0.3) is 0 Å². The largest absolute Gasteiger partial charge is 0.451 e. The summed E-state index contributed by atoms with van der Waals surface area (Å²) in [5.74, 6) is -5.89. The predicted molar refractivity (Wildman–Crippen MR) is 67.3 cm³/mol. The molecule has 2 aromatic rings. The highest BCUT2D eigenvalue weighted by atomic mass is 19.4. The second-order valence-electron chi connectivity index (χ2n) is 4.68. The summed E-state index contributed by atoms with van der Waals surface area (Å²) in [5, 5.41) is 0. The van der Waals surface area contributed by atoms with Crippen molar-refractivity contribution in [2.45, 2.75) is 20.0 Å². The Bertz CT molecular complexity index is 698. The third kappa shape index (κ3) is 3.03. The molecule has 0 saturated heterocycles. The quantitative estimate of drug-likeness (QED) is 0.661. The van der Waals surface area contributed by atoms with Crippen LogP contribution >= 0.6 is 0 Å². The highest BCUT2D eigenvalue weighted by Gasteiger charge is 2.37. The van der Waals surface area contributed by atoms with Gasteiger partial charge in [-0.3, -0.25) is 0 Å². The number of aryl methyl sites for hydroxylation is 1. The van der Waals surface area contributed by atoms with Gasteiger partial charge in [-0.1, -0.05) is 6.07 Å². The van der Waals surface area contributed by atoms with Crippen molar-refractivity contribution in [3.63, 3.8) is 0 Å². The van der Waals surface area contributed by atoms with Crippen LogP contribution in [0.1, 0.15) is 16.7 Å². The molecule has 1 nitrogen and oxygen atoms in total. The van der Waals surface area contributed by atoms with E-state index in [1.54, 1.807) is 0 Å². The molecule has 0 N–H and O–H groups in total. The van der Waals surface area contributed by atoms with Crippen molar-refractivity contribution in [1.82, 2.24) is 0 Å². The van der Waals surface area contributed by atoms with Gasteiger partial charge in [-0.15, -0.1) is 0 Å². The van der Waals surface area contributed by atoms with Crippen molar-refractivity contribution in [3.8, 4) is 11.5 Å². The molecule has 0 aliphatic carbocycles. The fraction of sp³-hybridized carbons (Fsp3) is 0.200. The molecule has 0 fully saturated rings. The van der Waals surface area contributed by atoms with Gasteiger partial charge in [-0.2, -0.15) is 13.2 Å². The maximum atomic E-state index is 13.5. The SMILES string of the molecule is Cc1ccc(Oc2c(F)cc(F)cc2F)c(C(F)(F)F)c1C. The first kappa shape index (κ1) is 16.2. The zero-order chi connectivity index (χ0) is 16.7. The zero-order valence-corrected chi connectivity index (χ0v) is 11.5. The van der Waals surface area contributed by atoms with Gasteiger partial charge in [-0.25, -0.2) is 13.2 Å². The highest BCUT2D eigenvalue weighted by molar-refractivity contribution is 5.48. The van der Waals surface area contributed by atoms with E-state index in [1.165, 1.54) is 19.9 Å². The average Bonchev–Trinajstić information content (AvgIpc) is 2.36. The van der Waals surface area contributed by atoms with Crippen LogP contribution in [0.5, 0.6) is 11.5 Å². The van der Waals surface area contributed by atoms with Crippen molar-refractivity contribution in [1.29, 1.82) is 0 Å². The molecule has 2 aromatic carbocycles. The fourth-order valence-corrected chi connectivity index (χ4v) is 1.96. The zero-order valence-electron chi connectivity index (χ0n) is 11.5. The van der Waals surface area contributed by atoms with Crippen LogP contribution in [0.15, 0.2) is 24.3 Å². The number of ether oxygens (including phenoxy) is 1. The summed E-state index contributed by atoms with van der Waals surface area (Å²) in [6.07, 6.45) is -4.77. The molecule has 0 unspecified atom stereocenters. The van der Waals surface area contributed by atoms with Gasteiger partial charge in [0.05, 0.1) is 0 Å². The van der Waals surface area contributed by atoms with E-state index in [4.69, 9.17) is 4.74 Å².